The molecule has 0 saturated carbocycles. The van der Waals surface area contributed by atoms with Gasteiger partial charge in [0.05, 0.1) is 25.4 Å². The van der Waals surface area contributed by atoms with Crippen molar-refractivity contribution >= 4 is 11.9 Å². The summed E-state index contributed by atoms with van der Waals surface area (Å²) in [6.45, 7) is 5.56. The highest BCUT2D eigenvalue weighted by atomic mass is 16.7. The van der Waals surface area contributed by atoms with Gasteiger partial charge in [0.15, 0.2) is 12.4 Å². The van der Waals surface area contributed by atoms with E-state index in [9.17, 15) is 35.1 Å². The summed E-state index contributed by atoms with van der Waals surface area (Å²) in [6, 6.07) is -1.05. The van der Waals surface area contributed by atoms with Crippen molar-refractivity contribution in [3.63, 3.8) is 0 Å². The molecule has 0 radical (unpaired) electrons. The zero-order valence-corrected chi connectivity index (χ0v) is 42.7. The number of ether oxygens (including phenoxy) is 3. The molecule has 11 nitrogen and oxygen atoms in total. The van der Waals surface area contributed by atoms with E-state index in [2.05, 4.69) is 44.3 Å². The second kappa shape index (κ2) is 45.0. The fourth-order valence-electron chi connectivity index (χ4n) is 7.84. The Hall–Kier alpha value is -3.16. The molecule has 8 unspecified atom stereocenters. The van der Waals surface area contributed by atoms with Crippen molar-refractivity contribution in [2.45, 2.75) is 250 Å². The van der Waals surface area contributed by atoms with E-state index in [-0.39, 0.29) is 19.4 Å². The van der Waals surface area contributed by atoms with Crippen LogP contribution in [0.3, 0.4) is 0 Å². The third-order valence-electron chi connectivity index (χ3n) is 12.2. The van der Waals surface area contributed by atoms with Gasteiger partial charge in [-0.05, 0) is 70.6 Å². The number of aliphatic hydroxyl groups is 5. The molecule has 1 heterocycles. The van der Waals surface area contributed by atoms with Crippen LogP contribution in [0.25, 0.3) is 0 Å². The summed E-state index contributed by atoms with van der Waals surface area (Å²) in [6.07, 6.45) is 46.4. The van der Waals surface area contributed by atoms with E-state index in [1.165, 1.54) is 83.5 Å². The van der Waals surface area contributed by atoms with Gasteiger partial charge >= 0.3 is 5.97 Å². The van der Waals surface area contributed by atoms with Gasteiger partial charge < -0.3 is 45.1 Å². The predicted octanol–water partition coefficient (Wildman–Crippen LogP) is 11.4. The first-order chi connectivity index (χ1) is 33.2. The Bertz CT molecular complexity index is 1420. The van der Waals surface area contributed by atoms with E-state index < -0.39 is 67.4 Å². The Balaban J connectivity index is 2.81. The van der Waals surface area contributed by atoms with E-state index in [4.69, 9.17) is 14.2 Å². The summed E-state index contributed by atoms with van der Waals surface area (Å²) >= 11 is 0. The average molecular weight is 956 g/mol. The van der Waals surface area contributed by atoms with E-state index in [0.717, 1.165) is 70.6 Å². The SMILES string of the molecule is CC/C=C/C=C/C=C\C=C/C=C/CCCCC(O)C(=O)NC(COC1OC(CO)C(O)C(O)C1OC(=O)CCCCC/C=C\CCCCCCCCC)C(O)/C=C/CCCCCCCCCCC. The van der Waals surface area contributed by atoms with Crippen molar-refractivity contribution < 1.29 is 49.3 Å². The van der Waals surface area contributed by atoms with Gasteiger partial charge in [-0.15, -0.1) is 0 Å². The van der Waals surface area contributed by atoms with Gasteiger partial charge in [0.2, 0.25) is 5.91 Å². The molecule has 1 fully saturated rings. The van der Waals surface area contributed by atoms with Gasteiger partial charge in [-0.1, -0.05) is 209 Å². The van der Waals surface area contributed by atoms with E-state index in [1.54, 1.807) is 6.08 Å². The number of esters is 1. The second-order valence-electron chi connectivity index (χ2n) is 18.3. The number of carbonyl (C=O) groups excluding carboxylic acids is 2. The maximum Gasteiger partial charge on any atom is 0.306 e. The van der Waals surface area contributed by atoms with Gasteiger partial charge in [-0.2, -0.15) is 0 Å². The van der Waals surface area contributed by atoms with E-state index in [0.29, 0.717) is 12.8 Å². The summed E-state index contributed by atoms with van der Waals surface area (Å²) in [7, 11) is 0. The first-order valence-electron chi connectivity index (χ1n) is 26.9. The van der Waals surface area contributed by atoms with Crippen molar-refractivity contribution in [3.8, 4) is 0 Å². The molecule has 0 aliphatic carbocycles. The van der Waals surface area contributed by atoms with Gasteiger partial charge in [0.1, 0.15) is 24.4 Å². The molecule has 0 bridgehead atoms. The molecule has 6 N–H and O–H groups in total. The lowest BCUT2D eigenvalue weighted by Gasteiger charge is -2.41. The van der Waals surface area contributed by atoms with Crippen LogP contribution in [0.15, 0.2) is 85.1 Å². The van der Waals surface area contributed by atoms with Gasteiger partial charge in [-0.25, -0.2) is 0 Å². The summed E-state index contributed by atoms with van der Waals surface area (Å²) in [5.74, 6) is -1.26. The molecule has 1 aliphatic heterocycles. The number of allylic oxidation sites excluding steroid dienone is 13. The van der Waals surface area contributed by atoms with E-state index in [1.807, 2.05) is 60.8 Å². The highest BCUT2D eigenvalue weighted by Gasteiger charge is 2.47. The lowest BCUT2D eigenvalue weighted by atomic mass is 9.99. The lowest BCUT2D eigenvalue weighted by Crippen LogP contribution is -2.61. The topological polar surface area (TPSA) is 175 Å². The quantitative estimate of drug-likeness (QED) is 0.0149. The number of nitrogens with one attached hydrogen (secondary N) is 1. The average Bonchev–Trinajstić information content (AvgIpc) is 3.33. The molecule has 0 spiro atoms. The molecule has 68 heavy (non-hydrogen) atoms. The Morgan fingerprint density at radius 1 is 0.588 bits per heavy atom. The lowest BCUT2D eigenvalue weighted by molar-refractivity contribution is -0.305. The van der Waals surface area contributed by atoms with E-state index >= 15 is 0 Å². The fraction of sp³-hybridized carbons (Fsp3) is 0.719. The van der Waals surface area contributed by atoms with Crippen LogP contribution in [0.5, 0.6) is 0 Å². The number of rotatable bonds is 43. The number of amides is 1. The van der Waals surface area contributed by atoms with Crippen LogP contribution in [-0.2, 0) is 23.8 Å². The molecule has 11 heteroatoms. The van der Waals surface area contributed by atoms with Gasteiger partial charge in [0.25, 0.3) is 0 Å². The van der Waals surface area contributed by atoms with Crippen LogP contribution in [0, 0.1) is 0 Å². The second-order valence-corrected chi connectivity index (χ2v) is 18.3. The normalized spacial score (nSPS) is 20.6. The minimum absolute atomic E-state index is 0.0941. The summed E-state index contributed by atoms with van der Waals surface area (Å²) in [5.41, 5.74) is 0. The molecule has 1 saturated heterocycles. The Kier molecular flexibility index (Phi) is 41.6. The molecule has 0 aromatic carbocycles. The minimum Gasteiger partial charge on any atom is -0.454 e. The third kappa shape index (κ3) is 33.4. The highest BCUT2D eigenvalue weighted by Crippen LogP contribution is 2.26. The maximum absolute atomic E-state index is 13.3. The monoisotopic (exact) mass is 956 g/mol. The van der Waals surface area contributed by atoms with Crippen LogP contribution in [0.2, 0.25) is 0 Å². The summed E-state index contributed by atoms with van der Waals surface area (Å²) < 4.78 is 17.5. The molecule has 0 aromatic rings. The first kappa shape index (κ1) is 62.9. The van der Waals surface area contributed by atoms with Crippen molar-refractivity contribution in [1.29, 1.82) is 0 Å². The maximum atomic E-state index is 13.3. The zero-order chi connectivity index (χ0) is 49.7. The van der Waals surface area contributed by atoms with Crippen LogP contribution >= 0.6 is 0 Å². The van der Waals surface area contributed by atoms with Crippen molar-refractivity contribution in [2.24, 2.45) is 0 Å². The zero-order valence-electron chi connectivity index (χ0n) is 42.7. The number of unbranched alkanes of at least 4 members (excludes halogenated alkanes) is 21. The van der Waals surface area contributed by atoms with Gasteiger partial charge in [-0.3, -0.25) is 9.59 Å². The number of hydrogen-bond acceptors (Lipinski definition) is 10. The number of carbonyl (C=O) groups is 2. The van der Waals surface area contributed by atoms with Crippen molar-refractivity contribution in [3.05, 3.63) is 85.1 Å². The Morgan fingerprint density at radius 2 is 1.07 bits per heavy atom. The molecule has 1 amide bonds. The van der Waals surface area contributed by atoms with Crippen molar-refractivity contribution in [2.75, 3.05) is 13.2 Å². The Labute approximate surface area is 413 Å². The number of hydrogen-bond donors (Lipinski definition) is 6. The molecule has 8 atom stereocenters. The van der Waals surface area contributed by atoms with Gasteiger partial charge in [0, 0.05) is 6.42 Å². The van der Waals surface area contributed by atoms with Crippen LogP contribution in [-0.4, -0.2) is 99.6 Å². The molecular formula is C57H97NO10. The molecule has 390 valence electrons. The molecular weight excluding hydrogens is 859 g/mol. The molecule has 1 rings (SSSR count). The summed E-state index contributed by atoms with van der Waals surface area (Å²) in [4.78, 5) is 26.3. The third-order valence-corrected chi connectivity index (χ3v) is 12.2. The largest absolute Gasteiger partial charge is 0.454 e. The summed E-state index contributed by atoms with van der Waals surface area (Å²) in [5, 5.41) is 56.6. The first-order valence-corrected chi connectivity index (χ1v) is 26.9. The van der Waals surface area contributed by atoms with Crippen LogP contribution < -0.4 is 5.32 Å². The molecule has 0 aromatic heterocycles. The minimum atomic E-state index is -1.63. The number of aliphatic hydroxyl groups excluding tert-OH is 5. The fourth-order valence-corrected chi connectivity index (χ4v) is 7.84. The smallest absolute Gasteiger partial charge is 0.306 e. The predicted molar refractivity (Wildman–Crippen MR) is 278 cm³/mol. The standard InChI is InChI=1S/C57H97NO10/c1-4-7-10-13-16-19-22-24-26-29-32-35-38-41-44-50(61)56(65)58-48(49(60)43-40-37-34-31-28-21-18-15-12-9-6-3)47-66-57-55(54(64)53(63)51(46-59)67-57)68-52(62)45-42-39-36-33-30-27-25-23-20-17-14-11-8-5-2/h7,10,13,16,19,22,24,26-27,29-30,32,40,43,48-51,53-55,57,59-61,63-64H,4-6,8-9,11-12,14-15,17-18,20-21,23,25,28,31,33-39,41-42,44-47H2,1-3H3,(H,58,65)/b10-7+,16-13+,22-19-,26-24-,30-27-,32-29+,43-40+. The van der Waals surface area contributed by atoms with Crippen LogP contribution in [0.1, 0.15) is 201 Å². The van der Waals surface area contributed by atoms with Crippen LogP contribution in [0.4, 0.5) is 0 Å². The molecule has 1 aliphatic rings. The van der Waals surface area contributed by atoms with Crippen molar-refractivity contribution in [1.82, 2.24) is 5.32 Å². The Morgan fingerprint density at radius 3 is 1.63 bits per heavy atom. The highest BCUT2D eigenvalue weighted by molar-refractivity contribution is 5.80.